The van der Waals surface area contributed by atoms with Gasteiger partial charge in [-0.05, 0) is 32.1 Å². The van der Waals surface area contributed by atoms with E-state index in [1.54, 1.807) is 6.92 Å². The lowest BCUT2D eigenvalue weighted by molar-refractivity contribution is 0.0472. The van der Waals surface area contributed by atoms with Gasteiger partial charge in [-0.25, -0.2) is 0 Å². The minimum atomic E-state index is -0.426. The standard InChI is InChI=1S/C11H20O2/c1-8-5-3-4-6-10(8)11(7-12)9(2)13/h9-13H,1,3-7H2,2H3/t9-,10-,11+/m1/s1. The van der Waals surface area contributed by atoms with Gasteiger partial charge in [0.25, 0.3) is 0 Å². The Morgan fingerprint density at radius 3 is 2.69 bits per heavy atom. The van der Waals surface area contributed by atoms with Crippen molar-refractivity contribution in [1.29, 1.82) is 0 Å². The van der Waals surface area contributed by atoms with Crippen LogP contribution in [0.1, 0.15) is 32.6 Å². The van der Waals surface area contributed by atoms with Crippen molar-refractivity contribution in [3.8, 4) is 0 Å². The topological polar surface area (TPSA) is 40.5 Å². The molecule has 0 saturated heterocycles. The fraction of sp³-hybridized carbons (Fsp3) is 0.818. The molecule has 0 spiro atoms. The molecular formula is C11H20O2. The van der Waals surface area contributed by atoms with Gasteiger partial charge in [-0.15, -0.1) is 0 Å². The molecule has 13 heavy (non-hydrogen) atoms. The first kappa shape index (κ1) is 10.7. The van der Waals surface area contributed by atoms with E-state index in [9.17, 15) is 5.11 Å². The largest absolute Gasteiger partial charge is 0.396 e. The average molecular weight is 184 g/mol. The third kappa shape index (κ3) is 2.55. The zero-order valence-corrected chi connectivity index (χ0v) is 8.37. The minimum absolute atomic E-state index is 0.00667. The minimum Gasteiger partial charge on any atom is -0.396 e. The van der Waals surface area contributed by atoms with Gasteiger partial charge in [-0.3, -0.25) is 0 Å². The molecule has 1 rings (SSSR count). The maximum Gasteiger partial charge on any atom is 0.0567 e. The summed E-state index contributed by atoms with van der Waals surface area (Å²) >= 11 is 0. The van der Waals surface area contributed by atoms with Gasteiger partial charge in [0, 0.05) is 12.5 Å². The smallest absolute Gasteiger partial charge is 0.0567 e. The quantitative estimate of drug-likeness (QED) is 0.656. The van der Waals surface area contributed by atoms with Crippen molar-refractivity contribution < 1.29 is 10.2 Å². The zero-order chi connectivity index (χ0) is 9.84. The fourth-order valence-electron chi connectivity index (χ4n) is 2.24. The SMILES string of the molecule is C=C1CCCC[C@H]1[C@@H](CO)[C@@H](C)O. The molecule has 0 heterocycles. The molecule has 0 aromatic carbocycles. The molecule has 1 saturated carbocycles. The van der Waals surface area contributed by atoms with Gasteiger partial charge in [0.1, 0.15) is 0 Å². The molecule has 1 aliphatic carbocycles. The van der Waals surface area contributed by atoms with Crippen LogP contribution in [0.4, 0.5) is 0 Å². The summed E-state index contributed by atoms with van der Waals surface area (Å²) in [5, 5.41) is 18.6. The number of allylic oxidation sites excluding steroid dienone is 1. The maximum atomic E-state index is 9.48. The lowest BCUT2D eigenvalue weighted by Crippen LogP contribution is -2.31. The summed E-state index contributed by atoms with van der Waals surface area (Å²) in [6.07, 6.45) is 4.13. The van der Waals surface area contributed by atoms with Gasteiger partial charge in [0.15, 0.2) is 0 Å². The second kappa shape index (κ2) is 4.77. The molecule has 0 radical (unpaired) electrons. The van der Waals surface area contributed by atoms with Gasteiger partial charge >= 0.3 is 0 Å². The summed E-state index contributed by atoms with van der Waals surface area (Å²) in [6.45, 7) is 5.85. The summed E-state index contributed by atoms with van der Waals surface area (Å²) in [7, 11) is 0. The van der Waals surface area contributed by atoms with Gasteiger partial charge in [-0.1, -0.05) is 18.6 Å². The van der Waals surface area contributed by atoms with Crippen molar-refractivity contribution in [3.05, 3.63) is 12.2 Å². The Labute approximate surface area is 80.3 Å². The van der Waals surface area contributed by atoms with E-state index in [0.717, 1.165) is 12.8 Å². The molecule has 0 bridgehead atoms. The number of hydrogen-bond acceptors (Lipinski definition) is 2. The summed E-state index contributed by atoms with van der Waals surface area (Å²) in [6, 6.07) is 0. The molecule has 2 heteroatoms. The van der Waals surface area contributed by atoms with Gasteiger partial charge < -0.3 is 10.2 Å². The first-order chi connectivity index (χ1) is 6.16. The van der Waals surface area contributed by atoms with Crippen LogP contribution in [0.25, 0.3) is 0 Å². The third-order valence-corrected chi connectivity index (χ3v) is 3.13. The Kier molecular flexibility index (Phi) is 3.94. The Bertz CT molecular complexity index is 175. The molecular weight excluding hydrogens is 164 g/mol. The second-order valence-corrected chi connectivity index (χ2v) is 4.10. The van der Waals surface area contributed by atoms with Crippen LogP contribution in [0.3, 0.4) is 0 Å². The predicted octanol–water partition coefficient (Wildman–Crippen LogP) is 1.72. The van der Waals surface area contributed by atoms with E-state index in [4.69, 9.17) is 5.11 Å². The third-order valence-electron chi connectivity index (χ3n) is 3.13. The van der Waals surface area contributed by atoms with E-state index in [1.165, 1.54) is 18.4 Å². The molecule has 1 aliphatic rings. The molecule has 0 unspecified atom stereocenters. The lowest BCUT2D eigenvalue weighted by Gasteiger charge is -2.32. The molecule has 2 N–H and O–H groups in total. The highest BCUT2D eigenvalue weighted by atomic mass is 16.3. The van der Waals surface area contributed by atoms with E-state index in [2.05, 4.69) is 6.58 Å². The van der Waals surface area contributed by atoms with Crippen LogP contribution in [0.15, 0.2) is 12.2 Å². The highest BCUT2D eigenvalue weighted by Crippen LogP contribution is 2.34. The normalized spacial score (nSPS) is 28.5. The molecule has 0 aromatic heterocycles. The number of aliphatic hydroxyl groups excluding tert-OH is 2. The van der Waals surface area contributed by atoms with Crippen LogP contribution in [0.2, 0.25) is 0 Å². The van der Waals surface area contributed by atoms with Crippen molar-refractivity contribution in [3.63, 3.8) is 0 Å². The Balaban J connectivity index is 2.60. The summed E-state index contributed by atoms with van der Waals surface area (Å²) in [4.78, 5) is 0. The van der Waals surface area contributed by atoms with E-state index in [0.29, 0.717) is 5.92 Å². The highest BCUT2D eigenvalue weighted by molar-refractivity contribution is 5.06. The lowest BCUT2D eigenvalue weighted by atomic mass is 9.75. The first-order valence-corrected chi connectivity index (χ1v) is 5.13. The Morgan fingerprint density at radius 2 is 2.23 bits per heavy atom. The Hall–Kier alpha value is -0.340. The summed E-state index contributed by atoms with van der Waals surface area (Å²) < 4.78 is 0. The average Bonchev–Trinajstić information content (AvgIpc) is 2.09. The fourth-order valence-corrected chi connectivity index (χ4v) is 2.24. The van der Waals surface area contributed by atoms with Gasteiger partial charge in [0.2, 0.25) is 0 Å². The second-order valence-electron chi connectivity index (χ2n) is 4.10. The van der Waals surface area contributed by atoms with Crippen LogP contribution in [0.5, 0.6) is 0 Å². The first-order valence-electron chi connectivity index (χ1n) is 5.13. The number of rotatable bonds is 3. The van der Waals surface area contributed by atoms with E-state index in [1.807, 2.05) is 0 Å². The summed E-state index contributed by atoms with van der Waals surface area (Å²) in [5.41, 5.74) is 1.21. The van der Waals surface area contributed by atoms with Crippen molar-refractivity contribution in [2.75, 3.05) is 6.61 Å². The van der Waals surface area contributed by atoms with Crippen molar-refractivity contribution in [1.82, 2.24) is 0 Å². The number of hydrogen-bond donors (Lipinski definition) is 2. The van der Waals surface area contributed by atoms with Crippen LogP contribution in [0, 0.1) is 11.8 Å². The summed E-state index contributed by atoms with van der Waals surface area (Å²) in [5.74, 6) is 0.326. The Morgan fingerprint density at radius 1 is 1.54 bits per heavy atom. The monoisotopic (exact) mass is 184 g/mol. The van der Waals surface area contributed by atoms with Crippen LogP contribution in [-0.4, -0.2) is 22.9 Å². The predicted molar refractivity (Wildman–Crippen MR) is 53.4 cm³/mol. The van der Waals surface area contributed by atoms with E-state index < -0.39 is 6.10 Å². The maximum absolute atomic E-state index is 9.48. The van der Waals surface area contributed by atoms with Crippen LogP contribution >= 0.6 is 0 Å². The molecule has 0 aromatic rings. The van der Waals surface area contributed by atoms with Crippen molar-refractivity contribution >= 4 is 0 Å². The molecule has 76 valence electrons. The molecule has 3 atom stereocenters. The van der Waals surface area contributed by atoms with Crippen molar-refractivity contribution in [2.45, 2.75) is 38.7 Å². The van der Waals surface area contributed by atoms with Gasteiger partial charge in [-0.2, -0.15) is 0 Å². The zero-order valence-electron chi connectivity index (χ0n) is 8.37. The van der Waals surface area contributed by atoms with E-state index >= 15 is 0 Å². The molecule has 2 nitrogen and oxygen atoms in total. The molecule has 1 fully saturated rings. The molecule has 0 aliphatic heterocycles. The highest BCUT2D eigenvalue weighted by Gasteiger charge is 2.28. The molecule has 0 amide bonds. The van der Waals surface area contributed by atoms with E-state index in [-0.39, 0.29) is 12.5 Å². The van der Waals surface area contributed by atoms with Crippen molar-refractivity contribution in [2.24, 2.45) is 11.8 Å². The van der Waals surface area contributed by atoms with Crippen LogP contribution < -0.4 is 0 Å². The number of aliphatic hydroxyl groups is 2. The van der Waals surface area contributed by atoms with Crippen LogP contribution in [-0.2, 0) is 0 Å². The van der Waals surface area contributed by atoms with Gasteiger partial charge in [0.05, 0.1) is 6.10 Å².